The maximum absolute atomic E-state index is 14.0. The number of nitrogens with zero attached hydrogens (tertiary/aromatic N) is 2. The van der Waals surface area contributed by atoms with Crippen molar-refractivity contribution in [3.05, 3.63) is 156 Å². The largest absolute Gasteiger partial charge is 0.279 e. The maximum atomic E-state index is 14.0. The minimum Gasteiger partial charge on any atom is -0.200 e. The zero-order valence-corrected chi connectivity index (χ0v) is 20.8. The average Bonchev–Trinajstić information content (AvgIpc) is 3.40. The van der Waals surface area contributed by atoms with Crippen LogP contribution in [0.2, 0.25) is 0 Å². The normalized spacial score (nSPS) is 15.3. The van der Waals surface area contributed by atoms with E-state index in [0.717, 1.165) is 38.6 Å². The molecule has 4 nitrogen and oxygen atoms in total. The van der Waals surface area contributed by atoms with E-state index < -0.39 is 16.1 Å². The van der Waals surface area contributed by atoms with E-state index in [0.29, 0.717) is 0 Å². The van der Waals surface area contributed by atoms with E-state index in [9.17, 15) is 8.42 Å². The van der Waals surface area contributed by atoms with Crippen molar-refractivity contribution in [2.45, 2.75) is 10.9 Å². The number of fused-ring (bicyclic) bond motifs is 1. The predicted molar refractivity (Wildman–Crippen MR) is 150 cm³/mol. The van der Waals surface area contributed by atoms with Crippen molar-refractivity contribution in [1.82, 2.24) is 4.41 Å². The third-order valence-electron chi connectivity index (χ3n) is 6.64. The highest BCUT2D eigenvalue weighted by molar-refractivity contribution is 7.89. The van der Waals surface area contributed by atoms with Gasteiger partial charge in [0.2, 0.25) is 0 Å². The fourth-order valence-electron chi connectivity index (χ4n) is 4.96. The van der Waals surface area contributed by atoms with Gasteiger partial charge in [-0.25, -0.2) is 0 Å². The lowest BCUT2D eigenvalue weighted by Crippen LogP contribution is -2.28. The Kier molecular flexibility index (Phi) is 5.91. The van der Waals surface area contributed by atoms with Gasteiger partial charge in [0.1, 0.15) is 6.04 Å². The van der Waals surface area contributed by atoms with Crippen molar-refractivity contribution in [1.29, 1.82) is 0 Å². The molecule has 0 radical (unpaired) electrons. The third kappa shape index (κ3) is 4.13. The third-order valence-corrected chi connectivity index (χ3v) is 8.31. The smallest absolute Gasteiger partial charge is 0.200 e. The Morgan fingerprint density at radius 1 is 0.622 bits per heavy atom. The van der Waals surface area contributed by atoms with Crippen LogP contribution in [0, 0.1) is 0 Å². The number of benzene rings is 5. The monoisotopic (exact) mass is 500 g/mol. The lowest BCUT2D eigenvalue weighted by atomic mass is 9.87. The van der Waals surface area contributed by atoms with Gasteiger partial charge in [0.15, 0.2) is 0 Å². The quantitative estimate of drug-likeness (QED) is 0.259. The topological polar surface area (TPSA) is 49.7 Å². The van der Waals surface area contributed by atoms with Gasteiger partial charge in [0.05, 0.1) is 11.1 Å². The Hall–Kier alpha value is -4.48. The molecule has 6 rings (SSSR count). The highest BCUT2D eigenvalue weighted by atomic mass is 32.2. The minimum atomic E-state index is -3.93. The van der Waals surface area contributed by atoms with E-state index >= 15 is 0 Å². The molecule has 0 aromatic heterocycles. The molecule has 0 fully saturated rings. The summed E-state index contributed by atoms with van der Waals surface area (Å²) in [7, 11) is -3.93. The highest BCUT2D eigenvalue weighted by Crippen LogP contribution is 2.44. The average molecular weight is 501 g/mol. The second kappa shape index (κ2) is 9.52. The molecule has 1 unspecified atom stereocenters. The predicted octanol–water partition coefficient (Wildman–Crippen LogP) is 7.07. The Labute approximate surface area is 216 Å². The number of hydrogen-bond acceptors (Lipinski definition) is 3. The molecule has 0 spiro atoms. The van der Waals surface area contributed by atoms with Gasteiger partial charge < -0.3 is 0 Å². The lowest BCUT2D eigenvalue weighted by molar-refractivity contribution is 0.399. The molecular formula is C32H24N2O2S. The minimum absolute atomic E-state index is 0.208. The Morgan fingerprint density at radius 3 is 1.81 bits per heavy atom. The van der Waals surface area contributed by atoms with Gasteiger partial charge in [-0.1, -0.05) is 121 Å². The summed E-state index contributed by atoms with van der Waals surface area (Å²) in [5.74, 6) is 0. The van der Waals surface area contributed by atoms with Gasteiger partial charge in [0, 0.05) is 5.57 Å². The Bertz CT molecular complexity index is 1680. The first-order valence-corrected chi connectivity index (χ1v) is 13.5. The van der Waals surface area contributed by atoms with Crippen LogP contribution in [-0.2, 0) is 10.0 Å². The van der Waals surface area contributed by atoms with Crippen LogP contribution in [0.4, 0.5) is 0 Å². The van der Waals surface area contributed by atoms with Crippen LogP contribution in [0.25, 0.3) is 16.3 Å². The molecule has 5 heteroatoms. The van der Waals surface area contributed by atoms with E-state index in [2.05, 4.69) is 29.4 Å². The molecule has 1 aliphatic heterocycles. The molecule has 180 valence electrons. The van der Waals surface area contributed by atoms with Crippen molar-refractivity contribution in [3.63, 3.8) is 0 Å². The summed E-state index contributed by atoms with van der Waals surface area (Å²) in [5, 5.41) is 6.60. The lowest BCUT2D eigenvalue weighted by Gasteiger charge is -2.27. The molecular weight excluding hydrogens is 476 g/mol. The number of hydrogen-bond donors (Lipinski definition) is 0. The van der Waals surface area contributed by atoms with Crippen molar-refractivity contribution in [2.24, 2.45) is 5.10 Å². The van der Waals surface area contributed by atoms with Crippen LogP contribution in [0.5, 0.6) is 0 Å². The standard InChI is InChI=1S/C32H24N2O2S/c35-37(36,27-19-8-3-9-20-27)34-32(29-22-12-18-24-13-10-11-21-28(24)29)30(23-33-34)31(25-14-4-1-5-15-25)26-16-6-2-7-17-26/h1-23,32H. The van der Waals surface area contributed by atoms with Gasteiger partial charge in [0.25, 0.3) is 10.0 Å². The molecule has 0 bridgehead atoms. The first-order chi connectivity index (χ1) is 18.1. The van der Waals surface area contributed by atoms with Crippen molar-refractivity contribution in [2.75, 3.05) is 0 Å². The maximum Gasteiger partial charge on any atom is 0.279 e. The summed E-state index contributed by atoms with van der Waals surface area (Å²) in [4.78, 5) is 0.208. The van der Waals surface area contributed by atoms with E-state index in [1.807, 2.05) is 84.9 Å². The first kappa shape index (κ1) is 23.0. The number of rotatable bonds is 5. The SMILES string of the molecule is O=S(=O)(c1ccccc1)N1N=CC(=C(c2ccccc2)c2ccccc2)C1c1cccc2ccccc12. The summed E-state index contributed by atoms with van der Waals surface area (Å²) >= 11 is 0. The molecule has 5 aromatic carbocycles. The van der Waals surface area contributed by atoms with E-state index in [1.165, 1.54) is 4.41 Å². The molecule has 1 atom stereocenters. The molecule has 0 amide bonds. The summed E-state index contributed by atoms with van der Waals surface area (Å²) in [5.41, 5.74) is 4.66. The second-order valence-electron chi connectivity index (χ2n) is 8.87. The fraction of sp³-hybridized carbons (Fsp3) is 0.0312. The first-order valence-electron chi connectivity index (χ1n) is 12.1. The zero-order valence-electron chi connectivity index (χ0n) is 20.0. The zero-order chi connectivity index (χ0) is 25.2. The summed E-state index contributed by atoms with van der Waals surface area (Å²) in [6.45, 7) is 0. The summed E-state index contributed by atoms with van der Waals surface area (Å²) in [6.07, 6.45) is 1.71. The van der Waals surface area contributed by atoms with Gasteiger partial charge in [-0.15, -0.1) is 0 Å². The Morgan fingerprint density at radius 2 is 1.16 bits per heavy atom. The molecule has 1 heterocycles. The van der Waals surface area contributed by atoms with Crippen LogP contribution >= 0.6 is 0 Å². The fourth-order valence-corrected chi connectivity index (χ4v) is 6.36. The molecule has 0 N–H and O–H groups in total. The molecule has 1 aliphatic rings. The molecule has 0 aliphatic carbocycles. The van der Waals surface area contributed by atoms with Gasteiger partial charge in [-0.3, -0.25) is 0 Å². The second-order valence-corrected chi connectivity index (χ2v) is 10.7. The van der Waals surface area contributed by atoms with Crippen LogP contribution < -0.4 is 0 Å². The van der Waals surface area contributed by atoms with E-state index in [-0.39, 0.29) is 4.90 Å². The van der Waals surface area contributed by atoms with Crippen molar-refractivity contribution in [3.8, 4) is 0 Å². The van der Waals surface area contributed by atoms with Crippen LogP contribution in [-0.4, -0.2) is 19.0 Å². The molecule has 0 saturated heterocycles. The van der Waals surface area contributed by atoms with Crippen LogP contribution in [0.1, 0.15) is 22.7 Å². The van der Waals surface area contributed by atoms with Gasteiger partial charge in [-0.2, -0.15) is 17.9 Å². The summed E-state index contributed by atoms with van der Waals surface area (Å²) in [6, 6.07) is 42.1. The van der Waals surface area contributed by atoms with E-state index in [4.69, 9.17) is 0 Å². The van der Waals surface area contributed by atoms with Crippen LogP contribution in [0.3, 0.4) is 0 Å². The van der Waals surface area contributed by atoms with E-state index in [1.54, 1.807) is 30.5 Å². The van der Waals surface area contributed by atoms with Crippen molar-refractivity contribution < 1.29 is 8.42 Å². The van der Waals surface area contributed by atoms with Crippen LogP contribution in [0.15, 0.2) is 149 Å². The van der Waals surface area contributed by atoms with Gasteiger partial charge >= 0.3 is 0 Å². The molecule has 37 heavy (non-hydrogen) atoms. The molecule has 5 aromatic rings. The molecule has 0 saturated carbocycles. The van der Waals surface area contributed by atoms with Crippen molar-refractivity contribution >= 4 is 32.6 Å². The number of hydrazone groups is 1. The van der Waals surface area contributed by atoms with Gasteiger partial charge in [-0.05, 0) is 45.2 Å². The number of sulfonamides is 1. The summed E-state index contributed by atoms with van der Waals surface area (Å²) < 4.78 is 29.2. The highest BCUT2D eigenvalue weighted by Gasteiger charge is 2.39. The Balaban J connectivity index is 1.66.